The molecule has 4 nitrogen and oxygen atoms in total. The first kappa shape index (κ1) is 11.4. The maximum absolute atomic E-state index is 5.88. The minimum Gasteiger partial charge on any atom is -0.381 e. The molecule has 2 rings (SSSR count). The molecule has 2 aromatic heterocycles. The molecule has 6 heteroatoms. The van der Waals surface area contributed by atoms with E-state index in [-0.39, 0.29) is 0 Å². The van der Waals surface area contributed by atoms with Crippen LogP contribution in [0, 0.1) is 0 Å². The molecule has 0 bridgehead atoms. The van der Waals surface area contributed by atoms with Gasteiger partial charge in [-0.3, -0.25) is 0 Å². The number of nitrogens with zero attached hydrogens (tertiary/aromatic N) is 3. The third-order valence-corrected chi connectivity index (χ3v) is 3.50. The van der Waals surface area contributed by atoms with Crippen LogP contribution in [0.15, 0.2) is 12.1 Å². The van der Waals surface area contributed by atoms with Crippen LogP contribution in [0.3, 0.4) is 0 Å². The number of anilines is 1. The molecule has 0 aliphatic carbocycles. The van der Waals surface area contributed by atoms with Crippen molar-refractivity contribution in [3.8, 4) is 0 Å². The summed E-state index contributed by atoms with van der Waals surface area (Å²) < 4.78 is 2.62. The summed E-state index contributed by atoms with van der Waals surface area (Å²) in [4.78, 5) is 1.15. The third-order valence-electron chi connectivity index (χ3n) is 2.28. The predicted octanol–water partition coefficient (Wildman–Crippen LogP) is 2.75. The van der Waals surface area contributed by atoms with Crippen molar-refractivity contribution in [2.24, 2.45) is 0 Å². The molecule has 0 atom stereocenters. The van der Waals surface area contributed by atoms with Crippen LogP contribution in [0.5, 0.6) is 0 Å². The Balaban J connectivity index is 2.28. The van der Waals surface area contributed by atoms with Crippen LogP contribution in [0.25, 0.3) is 0 Å². The number of nitrogens with two attached hydrogens (primary N) is 1. The molecule has 0 saturated heterocycles. The SMILES string of the molecule is CC(C)c1c(N)nnn1Cc1ccc(Cl)s1. The van der Waals surface area contributed by atoms with Gasteiger partial charge in [-0.25, -0.2) is 4.68 Å². The molecule has 0 amide bonds. The lowest BCUT2D eigenvalue weighted by Gasteiger charge is -2.08. The van der Waals surface area contributed by atoms with E-state index in [1.807, 2.05) is 16.8 Å². The molecule has 0 fully saturated rings. The van der Waals surface area contributed by atoms with Crippen molar-refractivity contribution in [1.29, 1.82) is 0 Å². The van der Waals surface area contributed by atoms with Crippen LogP contribution >= 0.6 is 22.9 Å². The Morgan fingerprint density at radius 2 is 2.25 bits per heavy atom. The Morgan fingerprint density at radius 1 is 1.50 bits per heavy atom. The van der Waals surface area contributed by atoms with Crippen molar-refractivity contribution in [3.05, 3.63) is 27.0 Å². The van der Waals surface area contributed by atoms with Crippen molar-refractivity contribution >= 4 is 28.8 Å². The highest BCUT2D eigenvalue weighted by Gasteiger charge is 2.14. The smallest absolute Gasteiger partial charge is 0.169 e. The zero-order valence-corrected chi connectivity index (χ0v) is 10.7. The number of hydrogen-bond acceptors (Lipinski definition) is 4. The number of rotatable bonds is 3. The summed E-state index contributed by atoms with van der Waals surface area (Å²) in [6, 6.07) is 3.88. The van der Waals surface area contributed by atoms with E-state index >= 15 is 0 Å². The van der Waals surface area contributed by atoms with Gasteiger partial charge >= 0.3 is 0 Å². The van der Waals surface area contributed by atoms with Gasteiger partial charge in [-0.15, -0.1) is 16.4 Å². The average molecular weight is 257 g/mol. The maximum atomic E-state index is 5.88. The first-order chi connectivity index (χ1) is 7.58. The number of halogens is 1. The van der Waals surface area contributed by atoms with Crippen LogP contribution in [-0.4, -0.2) is 15.0 Å². The van der Waals surface area contributed by atoms with Gasteiger partial charge in [0, 0.05) is 4.88 Å². The lowest BCUT2D eigenvalue weighted by atomic mass is 10.1. The van der Waals surface area contributed by atoms with Gasteiger partial charge in [-0.1, -0.05) is 30.7 Å². The minimum atomic E-state index is 0.311. The van der Waals surface area contributed by atoms with Crippen LogP contribution < -0.4 is 5.73 Å². The van der Waals surface area contributed by atoms with E-state index in [1.165, 1.54) is 0 Å². The van der Waals surface area contributed by atoms with E-state index in [1.54, 1.807) is 11.3 Å². The quantitative estimate of drug-likeness (QED) is 0.919. The topological polar surface area (TPSA) is 56.7 Å². The molecule has 0 saturated carbocycles. The summed E-state index contributed by atoms with van der Waals surface area (Å²) in [6.45, 7) is 4.83. The van der Waals surface area contributed by atoms with Gasteiger partial charge in [-0.2, -0.15) is 0 Å². The lowest BCUT2D eigenvalue weighted by molar-refractivity contribution is 0.603. The summed E-state index contributed by atoms with van der Waals surface area (Å²) in [5.74, 6) is 0.822. The molecular weight excluding hydrogens is 244 g/mol. The molecule has 0 unspecified atom stereocenters. The summed E-state index contributed by atoms with van der Waals surface area (Å²) in [5.41, 5.74) is 6.76. The first-order valence-electron chi connectivity index (χ1n) is 5.01. The summed E-state index contributed by atoms with van der Waals surface area (Å²) >= 11 is 7.43. The zero-order valence-electron chi connectivity index (χ0n) is 9.14. The molecule has 0 aliphatic heterocycles. The maximum Gasteiger partial charge on any atom is 0.169 e. The Morgan fingerprint density at radius 3 is 2.81 bits per heavy atom. The fourth-order valence-corrected chi connectivity index (χ4v) is 2.70. The Kier molecular flexibility index (Phi) is 3.16. The van der Waals surface area contributed by atoms with E-state index < -0.39 is 0 Å². The second-order valence-corrected chi connectivity index (χ2v) is 5.68. The number of nitrogen functional groups attached to an aromatic ring is 1. The largest absolute Gasteiger partial charge is 0.381 e. The lowest BCUT2D eigenvalue weighted by Crippen LogP contribution is -2.07. The number of thiophene rings is 1. The van der Waals surface area contributed by atoms with Gasteiger partial charge in [-0.05, 0) is 18.1 Å². The summed E-state index contributed by atoms with van der Waals surface area (Å²) in [5, 5.41) is 7.95. The van der Waals surface area contributed by atoms with Gasteiger partial charge in [0.1, 0.15) is 0 Å². The molecule has 2 heterocycles. The molecule has 86 valence electrons. The molecule has 0 aromatic carbocycles. The fraction of sp³-hybridized carbons (Fsp3) is 0.400. The van der Waals surface area contributed by atoms with Crippen molar-refractivity contribution < 1.29 is 0 Å². The van der Waals surface area contributed by atoms with Gasteiger partial charge in [0.05, 0.1) is 16.6 Å². The van der Waals surface area contributed by atoms with E-state index in [4.69, 9.17) is 17.3 Å². The average Bonchev–Trinajstić information content (AvgIpc) is 2.74. The van der Waals surface area contributed by atoms with Crippen molar-refractivity contribution in [2.45, 2.75) is 26.3 Å². The van der Waals surface area contributed by atoms with E-state index in [0.717, 1.165) is 14.9 Å². The Hall–Kier alpha value is -1.07. The van der Waals surface area contributed by atoms with Crippen LogP contribution in [0.2, 0.25) is 4.34 Å². The second kappa shape index (κ2) is 4.43. The highest BCUT2D eigenvalue weighted by Crippen LogP contribution is 2.24. The van der Waals surface area contributed by atoms with E-state index in [2.05, 4.69) is 24.2 Å². The molecule has 0 aliphatic rings. The standard InChI is InChI=1S/C10H13ClN4S/c1-6(2)9-10(12)13-14-15(9)5-7-3-4-8(11)16-7/h3-4,6H,5,12H2,1-2H3. The summed E-state index contributed by atoms with van der Waals surface area (Å²) in [6.07, 6.45) is 0. The second-order valence-electron chi connectivity index (χ2n) is 3.88. The monoisotopic (exact) mass is 256 g/mol. The molecule has 16 heavy (non-hydrogen) atoms. The highest BCUT2D eigenvalue weighted by molar-refractivity contribution is 7.16. The molecule has 2 N–H and O–H groups in total. The Bertz CT molecular complexity index is 489. The number of aromatic nitrogens is 3. The predicted molar refractivity (Wildman–Crippen MR) is 67.0 cm³/mol. The van der Waals surface area contributed by atoms with E-state index in [0.29, 0.717) is 18.3 Å². The normalized spacial score (nSPS) is 11.2. The first-order valence-corrected chi connectivity index (χ1v) is 6.20. The van der Waals surface area contributed by atoms with Gasteiger partial charge < -0.3 is 5.73 Å². The highest BCUT2D eigenvalue weighted by atomic mass is 35.5. The minimum absolute atomic E-state index is 0.311. The van der Waals surface area contributed by atoms with Gasteiger partial charge in [0.25, 0.3) is 0 Å². The van der Waals surface area contributed by atoms with Gasteiger partial charge in [0.15, 0.2) is 5.82 Å². The van der Waals surface area contributed by atoms with Crippen LogP contribution in [0.1, 0.15) is 30.3 Å². The molecular formula is C10H13ClN4S. The molecule has 2 aromatic rings. The fourth-order valence-electron chi connectivity index (χ4n) is 1.63. The number of hydrogen-bond donors (Lipinski definition) is 1. The zero-order chi connectivity index (χ0) is 11.7. The third kappa shape index (κ3) is 2.20. The van der Waals surface area contributed by atoms with Crippen molar-refractivity contribution in [2.75, 3.05) is 5.73 Å². The molecule has 0 radical (unpaired) electrons. The summed E-state index contributed by atoms with van der Waals surface area (Å²) in [7, 11) is 0. The van der Waals surface area contributed by atoms with E-state index in [9.17, 15) is 0 Å². The Labute approximate surface area is 103 Å². The van der Waals surface area contributed by atoms with Crippen LogP contribution in [-0.2, 0) is 6.54 Å². The van der Waals surface area contributed by atoms with Crippen molar-refractivity contribution in [1.82, 2.24) is 15.0 Å². The molecule has 0 spiro atoms. The van der Waals surface area contributed by atoms with Gasteiger partial charge in [0.2, 0.25) is 0 Å². The van der Waals surface area contributed by atoms with Crippen molar-refractivity contribution in [3.63, 3.8) is 0 Å². The van der Waals surface area contributed by atoms with Crippen LogP contribution in [0.4, 0.5) is 5.82 Å².